The number of hydrogen-bond donors (Lipinski definition) is 1. The van der Waals surface area contributed by atoms with Gasteiger partial charge in [0.1, 0.15) is 6.07 Å². The molecule has 0 saturated carbocycles. The van der Waals surface area contributed by atoms with Gasteiger partial charge in [0.2, 0.25) is 11.0 Å². The van der Waals surface area contributed by atoms with E-state index in [0.29, 0.717) is 12.1 Å². The maximum absolute atomic E-state index is 11.1. The van der Waals surface area contributed by atoms with Crippen LogP contribution in [0, 0.1) is 25.4 Å². The quantitative estimate of drug-likeness (QED) is 0.362. The van der Waals surface area contributed by atoms with E-state index in [1.165, 1.54) is 14.1 Å². The minimum absolute atomic E-state index is 0.0256. The number of rotatable bonds is 5. The van der Waals surface area contributed by atoms with Crippen molar-refractivity contribution in [3.63, 3.8) is 0 Å². The van der Waals surface area contributed by atoms with E-state index in [1.807, 2.05) is 0 Å². The van der Waals surface area contributed by atoms with Crippen molar-refractivity contribution >= 4 is 11.4 Å². The van der Waals surface area contributed by atoms with Gasteiger partial charge < -0.3 is 10.3 Å². The molecule has 20 heavy (non-hydrogen) atoms. The van der Waals surface area contributed by atoms with Crippen LogP contribution in [0.5, 0.6) is 11.5 Å². The van der Waals surface area contributed by atoms with Crippen LogP contribution in [0.4, 0.5) is 11.4 Å². The van der Waals surface area contributed by atoms with Gasteiger partial charge in [-0.1, -0.05) is 0 Å². The van der Waals surface area contributed by atoms with Crippen LogP contribution in [0.15, 0.2) is 17.4 Å². The second-order valence-electron chi connectivity index (χ2n) is 3.60. The number of hydrazine groups is 1. The van der Waals surface area contributed by atoms with Crippen molar-refractivity contribution in [1.82, 2.24) is 5.01 Å². The predicted octanol–water partition coefficient (Wildman–Crippen LogP) is 0.941. The van der Waals surface area contributed by atoms with Crippen LogP contribution in [-0.2, 0) is 0 Å². The summed E-state index contributed by atoms with van der Waals surface area (Å²) in [6.45, 7) is 0. The van der Waals surface area contributed by atoms with E-state index < -0.39 is 32.7 Å². The van der Waals surface area contributed by atoms with Crippen LogP contribution in [0.2, 0.25) is 0 Å². The van der Waals surface area contributed by atoms with Crippen LogP contribution in [0.1, 0.15) is 0 Å². The molecule has 0 atom stereocenters. The molecule has 12 heteroatoms. The van der Waals surface area contributed by atoms with Crippen molar-refractivity contribution in [2.45, 2.75) is 0 Å². The lowest BCUT2D eigenvalue weighted by Crippen LogP contribution is -2.21. The molecule has 0 fully saturated rings. The number of phenolic OH excluding ortho intramolecular Hbond substituents is 1. The molecular formula is C8H9N5O7. The Labute approximate surface area is 110 Å². The Morgan fingerprint density at radius 2 is 1.70 bits per heavy atom. The highest BCUT2D eigenvalue weighted by Crippen LogP contribution is 2.38. The first-order valence-electron chi connectivity index (χ1n) is 4.92. The van der Waals surface area contributed by atoms with Gasteiger partial charge in [-0.25, -0.2) is 0 Å². The summed E-state index contributed by atoms with van der Waals surface area (Å²) < 4.78 is 0. The van der Waals surface area contributed by atoms with Gasteiger partial charge in [-0.3, -0.25) is 25.1 Å². The lowest BCUT2D eigenvalue weighted by molar-refractivity contribution is -0.695. The second kappa shape index (κ2) is 5.64. The average Bonchev–Trinajstić information content (AvgIpc) is 2.34. The smallest absolute Gasteiger partial charge is 0.321 e. The third kappa shape index (κ3) is 3.18. The Morgan fingerprint density at radius 1 is 1.15 bits per heavy atom. The zero-order valence-corrected chi connectivity index (χ0v) is 10.3. The van der Waals surface area contributed by atoms with Gasteiger partial charge in [0.05, 0.1) is 28.9 Å². The van der Waals surface area contributed by atoms with Crippen LogP contribution < -0.4 is 4.84 Å². The number of aromatic hydroxyl groups is 1. The van der Waals surface area contributed by atoms with Crippen LogP contribution in [0.25, 0.3) is 0 Å². The fourth-order valence-corrected chi connectivity index (χ4v) is 1.06. The predicted molar refractivity (Wildman–Crippen MR) is 61.8 cm³/mol. The molecule has 0 aromatic heterocycles. The molecule has 0 heterocycles. The molecule has 0 amide bonds. The van der Waals surface area contributed by atoms with Crippen molar-refractivity contribution in [3.8, 4) is 11.5 Å². The van der Waals surface area contributed by atoms with Crippen molar-refractivity contribution in [3.05, 3.63) is 37.6 Å². The molecule has 0 spiro atoms. The van der Waals surface area contributed by atoms with Crippen LogP contribution >= 0.6 is 0 Å². The molecule has 0 aliphatic carbocycles. The molecule has 0 unspecified atom stereocenters. The highest BCUT2D eigenvalue weighted by Gasteiger charge is 2.26. The molecule has 1 rings (SSSR count). The number of hydrogen-bond acceptors (Lipinski definition) is 8. The normalized spacial score (nSPS) is 11.0. The van der Waals surface area contributed by atoms with E-state index >= 15 is 0 Å². The largest absolute Gasteiger partial charge is 0.569 e. The van der Waals surface area contributed by atoms with Crippen LogP contribution in [0.3, 0.4) is 0 Å². The molecule has 0 radical (unpaired) electrons. The summed E-state index contributed by atoms with van der Waals surface area (Å²) in [5, 5.41) is 45.7. The lowest BCUT2D eigenvalue weighted by Gasteiger charge is -2.06. The Morgan fingerprint density at radius 3 is 2.15 bits per heavy atom. The third-order valence-corrected chi connectivity index (χ3v) is 2.00. The SMILES string of the molecule is CN(C)/[N+]([O-])=N\Oc1cc(O)c([N+](=O)[O-])cc1[N+](=O)[O-]. The maximum atomic E-state index is 11.1. The van der Waals surface area contributed by atoms with Crippen molar-refractivity contribution in [2.75, 3.05) is 14.1 Å². The van der Waals surface area contributed by atoms with Gasteiger partial charge in [-0.2, -0.15) is 5.01 Å². The molecule has 1 aromatic rings. The molecule has 0 bridgehead atoms. The summed E-state index contributed by atoms with van der Waals surface area (Å²) in [7, 11) is 2.67. The molecule has 108 valence electrons. The molecule has 12 nitrogen and oxygen atoms in total. The van der Waals surface area contributed by atoms with E-state index in [1.54, 1.807) is 0 Å². The Bertz CT molecular complexity index is 585. The zero-order valence-electron chi connectivity index (χ0n) is 10.3. The molecule has 1 aromatic carbocycles. The molecule has 0 aliphatic heterocycles. The summed E-state index contributed by atoms with van der Waals surface area (Å²) >= 11 is 0. The van der Waals surface area contributed by atoms with Gasteiger partial charge in [0, 0.05) is 6.07 Å². The van der Waals surface area contributed by atoms with Crippen molar-refractivity contribution < 1.29 is 24.8 Å². The Hall–Kier alpha value is -3.18. The van der Waals surface area contributed by atoms with Gasteiger partial charge in [0.15, 0.2) is 5.75 Å². The number of nitrogens with zero attached hydrogens (tertiary/aromatic N) is 5. The fourth-order valence-electron chi connectivity index (χ4n) is 1.06. The lowest BCUT2D eigenvalue weighted by atomic mass is 10.2. The monoisotopic (exact) mass is 287 g/mol. The topological polar surface area (TPSA) is 157 Å². The van der Waals surface area contributed by atoms with E-state index in [0.717, 1.165) is 5.01 Å². The Balaban J connectivity index is 3.26. The van der Waals surface area contributed by atoms with Gasteiger partial charge in [-0.05, 0) is 0 Å². The van der Waals surface area contributed by atoms with E-state index in [9.17, 15) is 30.5 Å². The van der Waals surface area contributed by atoms with E-state index in [2.05, 4.69) is 10.1 Å². The summed E-state index contributed by atoms with van der Waals surface area (Å²) in [5.74, 6) is -1.46. The summed E-state index contributed by atoms with van der Waals surface area (Å²) in [5.41, 5.74) is -1.68. The minimum Gasteiger partial charge on any atom is -0.569 e. The summed E-state index contributed by atoms with van der Waals surface area (Å²) in [6.07, 6.45) is 0. The Kier molecular flexibility index (Phi) is 4.20. The minimum atomic E-state index is -0.997. The van der Waals surface area contributed by atoms with Gasteiger partial charge in [-0.15, -0.1) is 0 Å². The van der Waals surface area contributed by atoms with E-state index in [4.69, 9.17) is 0 Å². The van der Waals surface area contributed by atoms with Crippen molar-refractivity contribution in [1.29, 1.82) is 0 Å². The van der Waals surface area contributed by atoms with Crippen molar-refractivity contribution in [2.24, 2.45) is 5.28 Å². The van der Waals surface area contributed by atoms with E-state index in [-0.39, 0.29) is 4.97 Å². The molecular weight excluding hydrogens is 278 g/mol. The standard InChI is InChI=1S/C8H9N5O7/c1-10(2)13(19)9-20-8-4-7(14)5(11(15)16)3-6(8)12(17)18/h3-4,14H,1-2H3/b13-9+. The number of nitro groups is 2. The number of phenols is 1. The number of benzene rings is 1. The second-order valence-corrected chi connectivity index (χ2v) is 3.60. The highest BCUT2D eigenvalue weighted by atomic mass is 16.7. The van der Waals surface area contributed by atoms with Crippen LogP contribution in [-0.4, -0.2) is 39.0 Å². The third-order valence-electron chi connectivity index (χ3n) is 2.00. The first-order chi connectivity index (χ1) is 9.23. The molecule has 1 N–H and O–H groups in total. The first-order valence-corrected chi connectivity index (χ1v) is 4.92. The fraction of sp³-hybridized carbons (Fsp3) is 0.250. The summed E-state index contributed by atoms with van der Waals surface area (Å²) in [6, 6.07) is 1.13. The average molecular weight is 287 g/mol. The first kappa shape index (κ1) is 14.9. The highest BCUT2D eigenvalue weighted by molar-refractivity contribution is 5.60. The molecule has 0 saturated heterocycles. The van der Waals surface area contributed by atoms with Gasteiger partial charge in [0.25, 0.3) is 0 Å². The molecule has 0 aliphatic rings. The summed E-state index contributed by atoms with van der Waals surface area (Å²) in [4.78, 5) is 23.8. The maximum Gasteiger partial charge on any atom is 0.321 e. The number of nitro benzene ring substituents is 2. The zero-order chi connectivity index (χ0) is 15.4. The van der Waals surface area contributed by atoms with Gasteiger partial charge >= 0.3 is 11.4 Å².